The molecule has 0 spiro atoms. The highest BCUT2D eigenvalue weighted by Crippen LogP contribution is 2.30. The maximum absolute atomic E-state index is 12.1. The number of ether oxygens (including phenoxy) is 1. The van der Waals surface area contributed by atoms with Gasteiger partial charge in [0.05, 0.1) is 17.7 Å². The van der Waals surface area contributed by atoms with Gasteiger partial charge in [-0.1, -0.05) is 29.8 Å². The Morgan fingerprint density at radius 2 is 2.08 bits per heavy atom. The fourth-order valence-electron chi connectivity index (χ4n) is 2.18. The van der Waals surface area contributed by atoms with Crippen LogP contribution in [0.2, 0.25) is 5.02 Å². The van der Waals surface area contributed by atoms with Crippen LogP contribution in [0.4, 0.5) is 5.69 Å². The predicted molar refractivity (Wildman–Crippen MR) is 100.0 cm³/mol. The Bertz CT molecular complexity index is 862. The normalized spacial score (nSPS) is 17.4. The molecule has 24 heavy (non-hydrogen) atoms. The highest BCUT2D eigenvalue weighted by atomic mass is 35.5. The van der Waals surface area contributed by atoms with Gasteiger partial charge in [0, 0.05) is 5.02 Å². The molecule has 122 valence electrons. The first-order chi connectivity index (χ1) is 11.5. The molecule has 2 aromatic rings. The highest BCUT2D eigenvalue weighted by molar-refractivity contribution is 8.18. The molecule has 3 rings (SSSR count). The van der Waals surface area contributed by atoms with Crippen molar-refractivity contribution in [3.63, 3.8) is 0 Å². The van der Waals surface area contributed by atoms with Crippen molar-refractivity contribution in [1.29, 1.82) is 0 Å². The second-order valence-corrected chi connectivity index (χ2v) is 6.66. The van der Waals surface area contributed by atoms with Gasteiger partial charge in [-0.25, -0.2) is 4.99 Å². The van der Waals surface area contributed by atoms with Crippen LogP contribution in [0.15, 0.2) is 52.4 Å². The fraction of sp³-hybridized carbons (Fsp3) is 0.111. The van der Waals surface area contributed by atoms with Crippen LogP contribution >= 0.6 is 23.4 Å². The van der Waals surface area contributed by atoms with E-state index in [2.05, 4.69) is 10.3 Å². The van der Waals surface area contributed by atoms with Crippen LogP contribution in [-0.4, -0.2) is 18.2 Å². The van der Waals surface area contributed by atoms with Gasteiger partial charge in [-0.2, -0.15) is 0 Å². The second-order valence-electron chi connectivity index (χ2n) is 5.19. The van der Waals surface area contributed by atoms with Crippen LogP contribution < -0.4 is 10.1 Å². The molecule has 1 amide bonds. The summed E-state index contributed by atoms with van der Waals surface area (Å²) in [6.07, 6.45) is 1.82. The molecule has 0 aliphatic carbocycles. The van der Waals surface area contributed by atoms with E-state index in [4.69, 9.17) is 16.3 Å². The minimum Gasteiger partial charge on any atom is -0.497 e. The van der Waals surface area contributed by atoms with E-state index < -0.39 is 0 Å². The number of aryl methyl sites for hydroxylation is 1. The van der Waals surface area contributed by atoms with Crippen molar-refractivity contribution in [3.8, 4) is 5.75 Å². The molecule has 1 N–H and O–H groups in total. The molecule has 2 aromatic carbocycles. The van der Waals surface area contributed by atoms with Crippen LogP contribution in [-0.2, 0) is 4.79 Å². The van der Waals surface area contributed by atoms with Crippen molar-refractivity contribution in [2.24, 2.45) is 4.99 Å². The lowest BCUT2D eigenvalue weighted by atomic mass is 10.2. The Kier molecular flexibility index (Phi) is 4.92. The number of nitrogens with one attached hydrogen (secondary N) is 1. The molecule has 4 nitrogen and oxygen atoms in total. The number of rotatable bonds is 3. The minimum absolute atomic E-state index is 0.166. The lowest BCUT2D eigenvalue weighted by molar-refractivity contribution is -0.115. The summed E-state index contributed by atoms with van der Waals surface area (Å²) in [5.41, 5.74) is 2.63. The van der Waals surface area contributed by atoms with E-state index in [0.717, 1.165) is 22.6 Å². The minimum atomic E-state index is -0.166. The molecule has 0 aromatic heterocycles. The summed E-state index contributed by atoms with van der Waals surface area (Å²) in [6.45, 7) is 1.95. The number of carbonyl (C=O) groups is 1. The lowest BCUT2D eigenvalue weighted by Crippen LogP contribution is -2.19. The van der Waals surface area contributed by atoms with Gasteiger partial charge in [0.2, 0.25) is 0 Å². The number of nitrogens with zero attached hydrogens (tertiary/aromatic N) is 1. The number of hydrogen-bond acceptors (Lipinski definition) is 4. The van der Waals surface area contributed by atoms with Gasteiger partial charge in [0.15, 0.2) is 5.17 Å². The zero-order chi connectivity index (χ0) is 17.1. The smallest absolute Gasteiger partial charge is 0.264 e. The van der Waals surface area contributed by atoms with Crippen molar-refractivity contribution < 1.29 is 9.53 Å². The van der Waals surface area contributed by atoms with Gasteiger partial charge in [0.1, 0.15) is 5.75 Å². The first kappa shape index (κ1) is 16.6. The molecule has 1 fully saturated rings. The maximum atomic E-state index is 12.1. The molecule has 1 saturated heterocycles. The molecule has 0 atom stereocenters. The topological polar surface area (TPSA) is 50.7 Å². The summed E-state index contributed by atoms with van der Waals surface area (Å²) in [5, 5.41) is 3.93. The van der Waals surface area contributed by atoms with E-state index in [-0.39, 0.29) is 5.91 Å². The average molecular weight is 359 g/mol. The number of amides is 1. The van der Waals surface area contributed by atoms with Gasteiger partial charge in [0.25, 0.3) is 5.91 Å². The Labute approximate surface area is 149 Å². The molecule has 0 bridgehead atoms. The molecule has 0 saturated carbocycles. The van der Waals surface area contributed by atoms with Crippen molar-refractivity contribution in [1.82, 2.24) is 5.32 Å². The van der Waals surface area contributed by atoms with Crippen LogP contribution in [0.1, 0.15) is 11.1 Å². The largest absolute Gasteiger partial charge is 0.497 e. The maximum Gasteiger partial charge on any atom is 0.264 e. The highest BCUT2D eigenvalue weighted by Gasteiger charge is 2.24. The second kappa shape index (κ2) is 7.11. The molecular formula is C18H15ClN2O2S. The van der Waals surface area contributed by atoms with Gasteiger partial charge < -0.3 is 10.1 Å². The van der Waals surface area contributed by atoms with E-state index in [0.29, 0.717) is 15.1 Å². The van der Waals surface area contributed by atoms with Gasteiger partial charge in [-0.05, 0) is 60.2 Å². The fourth-order valence-corrected chi connectivity index (χ4v) is 3.18. The monoisotopic (exact) mass is 358 g/mol. The van der Waals surface area contributed by atoms with Crippen molar-refractivity contribution in [2.45, 2.75) is 6.92 Å². The molecule has 0 radical (unpaired) electrons. The predicted octanol–water partition coefficient (Wildman–Crippen LogP) is 4.55. The van der Waals surface area contributed by atoms with Gasteiger partial charge in [-0.3, -0.25) is 4.79 Å². The third-order valence-corrected chi connectivity index (χ3v) is 4.58. The Balaban J connectivity index is 1.86. The standard InChI is InChI=1S/C18H15ClN2O2S/c1-11-6-7-13(19)10-15(11)20-18-21-17(22)16(24-18)9-12-4-3-5-14(8-12)23-2/h3-10H,1-2H3,(H,20,21,22). The van der Waals surface area contributed by atoms with E-state index in [1.165, 1.54) is 11.8 Å². The van der Waals surface area contributed by atoms with Gasteiger partial charge in [-0.15, -0.1) is 0 Å². The summed E-state index contributed by atoms with van der Waals surface area (Å²) >= 11 is 7.31. The molecule has 0 unspecified atom stereocenters. The van der Waals surface area contributed by atoms with E-state index in [1.807, 2.05) is 49.4 Å². The van der Waals surface area contributed by atoms with Crippen LogP contribution in [0.5, 0.6) is 5.75 Å². The van der Waals surface area contributed by atoms with E-state index in [9.17, 15) is 4.79 Å². The van der Waals surface area contributed by atoms with E-state index in [1.54, 1.807) is 13.2 Å². The number of aliphatic imine (C=N–C) groups is 1. The lowest BCUT2D eigenvalue weighted by Gasteiger charge is -2.01. The van der Waals surface area contributed by atoms with Crippen LogP contribution in [0.3, 0.4) is 0 Å². The summed E-state index contributed by atoms with van der Waals surface area (Å²) in [7, 11) is 1.61. The third-order valence-electron chi connectivity index (χ3n) is 3.44. The summed E-state index contributed by atoms with van der Waals surface area (Å²) in [6, 6.07) is 13.0. The van der Waals surface area contributed by atoms with Crippen molar-refractivity contribution in [2.75, 3.05) is 7.11 Å². The quantitative estimate of drug-likeness (QED) is 0.819. The molecule has 1 heterocycles. The number of carbonyl (C=O) groups excluding carboxylic acids is 1. The zero-order valence-corrected chi connectivity index (χ0v) is 14.7. The van der Waals surface area contributed by atoms with E-state index >= 15 is 0 Å². The van der Waals surface area contributed by atoms with Gasteiger partial charge >= 0.3 is 0 Å². The third kappa shape index (κ3) is 3.80. The number of amidine groups is 1. The van der Waals surface area contributed by atoms with Crippen LogP contribution in [0.25, 0.3) is 6.08 Å². The summed E-state index contributed by atoms with van der Waals surface area (Å²) in [4.78, 5) is 17.2. The first-order valence-electron chi connectivity index (χ1n) is 7.25. The number of thioether (sulfide) groups is 1. The first-order valence-corrected chi connectivity index (χ1v) is 8.44. The summed E-state index contributed by atoms with van der Waals surface area (Å²) < 4.78 is 5.20. The van der Waals surface area contributed by atoms with Crippen molar-refractivity contribution in [3.05, 3.63) is 63.5 Å². The number of benzene rings is 2. The Hall–Kier alpha value is -2.24. The number of methoxy groups -OCH3 is 1. The Morgan fingerprint density at radius 3 is 2.88 bits per heavy atom. The zero-order valence-electron chi connectivity index (χ0n) is 13.2. The number of hydrogen-bond donors (Lipinski definition) is 1. The van der Waals surface area contributed by atoms with Crippen molar-refractivity contribution >= 4 is 46.2 Å². The average Bonchev–Trinajstić information content (AvgIpc) is 2.90. The molecular weight excluding hydrogens is 344 g/mol. The summed E-state index contributed by atoms with van der Waals surface area (Å²) in [5.74, 6) is 0.581. The van der Waals surface area contributed by atoms with Crippen LogP contribution in [0, 0.1) is 6.92 Å². The molecule has 1 aliphatic rings. The number of halogens is 1. The SMILES string of the molecule is COc1cccc(C=C2SC(=Nc3cc(Cl)ccc3C)NC2=O)c1. The Morgan fingerprint density at radius 1 is 1.25 bits per heavy atom. The molecule has 1 aliphatic heterocycles. The molecule has 6 heteroatoms.